The second kappa shape index (κ2) is 8.55. The van der Waals surface area contributed by atoms with Crippen LogP contribution in [0.25, 0.3) is 0 Å². The molecule has 0 spiro atoms. The van der Waals surface area contributed by atoms with E-state index in [1.54, 1.807) is 0 Å². The summed E-state index contributed by atoms with van der Waals surface area (Å²) in [6.07, 6.45) is 10.4. The minimum Gasteiger partial charge on any atom is -0.383 e. The number of morpholine rings is 1. The molecule has 35 heavy (non-hydrogen) atoms. The van der Waals surface area contributed by atoms with Gasteiger partial charge in [0.05, 0.1) is 18.9 Å². The van der Waals surface area contributed by atoms with Crippen molar-refractivity contribution in [1.82, 2.24) is 24.6 Å². The zero-order valence-electron chi connectivity index (χ0n) is 21.2. The summed E-state index contributed by atoms with van der Waals surface area (Å²) in [5.74, 6) is 1.94. The molecule has 2 aliphatic heterocycles. The fraction of sp³-hybridized carbons (Fsp3) is 0.692. The zero-order chi connectivity index (χ0) is 24.2. The van der Waals surface area contributed by atoms with Crippen molar-refractivity contribution in [2.24, 2.45) is 5.41 Å². The van der Waals surface area contributed by atoms with Gasteiger partial charge in [-0.25, -0.2) is 9.97 Å². The average Bonchev–Trinajstić information content (AvgIpc) is 3.19. The number of nitrogen functional groups attached to an aromatic ring is 1. The smallest absolute Gasteiger partial charge is 0.174 e. The van der Waals surface area contributed by atoms with E-state index < -0.39 is 0 Å². The molecule has 0 aromatic carbocycles. The molecule has 2 bridgehead atoms. The third-order valence-electron chi connectivity index (χ3n) is 9.40. The number of aromatic nitrogens is 4. The van der Waals surface area contributed by atoms with E-state index in [1.165, 1.54) is 56.0 Å². The molecule has 0 amide bonds. The maximum Gasteiger partial charge on any atom is 0.174 e. The summed E-state index contributed by atoms with van der Waals surface area (Å²) in [7, 11) is 0. The molecule has 3 aliphatic carbocycles. The predicted octanol–water partition coefficient (Wildman–Crippen LogP) is 1.04. The van der Waals surface area contributed by atoms with Gasteiger partial charge in [0, 0.05) is 55.9 Å². The Bertz CT molecular complexity index is 1110. The van der Waals surface area contributed by atoms with Crippen LogP contribution in [0.2, 0.25) is 0 Å². The lowest BCUT2D eigenvalue weighted by Crippen LogP contribution is -2.60. The third-order valence-corrected chi connectivity index (χ3v) is 9.40. The topological polar surface area (TPSA) is 111 Å². The molecule has 5 aliphatic rings. The Balaban J connectivity index is 1.20. The SMILES string of the molecule is Cc1nc(N)c(C=[NH2+])c(N2CCc3c(c(C)nn3CC34CCC(N5CCOCC5)(CC3)CC4)C2)n1. The summed E-state index contributed by atoms with van der Waals surface area (Å²) >= 11 is 0. The first kappa shape index (κ1) is 22.9. The van der Waals surface area contributed by atoms with Crippen LogP contribution in [-0.4, -0.2) is 69.2 Å². The summed E-state index contributed by atoms with van der Waals surface area (Å²) < 4.78 is 7.99. The molecule has 2 aromatic heterocycles. The summed E-state index contributed by atoms with van der Waals surface area (Å²) in [6, 6.07) is 0. The van der Waals surface area contributed by atoms with Crippen molar-refractivity contribution < 1.29 is 10.1 Å². The van der Waals surface area contributed by atoms with Crippen LogP contribution in [-0.2, 0) is 24.2 Å². The van der Waals surface area contributed by atoms with E-state index in [0.29, 0.717) is 22.6 Å². The predicted molar refractivity (Wildman–Crippen MR) is 135 cm³/mol. The van der Waals surface area contributed by atoms with Crippen LogP contribution in [0, 0.1) is 19.3 Å². The van der Waals surface area contributed by atoms with Crippen LogP contribution in [0.3, 0.4) is 0 Å². The van der Waals surface area contributed by atoms with E-state index in [1.807, 2.05) is 6.92 Å². The van der Waals surface area contributed by atoms with E-state index in [9.17, 15) is 0 Å². The Hall–Kier alpha value is -2.52. The molecule has 2 aromatic rings. The molecule has 4 fully saturated rings. The van der Waals surface area contributed by atoms with Crippen LogP contribution in [0.15, 0.2) is 0 Å². The van der Waals surface area contributed by atoms with Crippen molar-refractivity contribution in [2.45, 2.75) is 77.4 Å². The number of fused-ring (bicyclic) bond motifs is 4. The number of ether oxygens (including phenoxy) is 1. The van der Waals surface area contributed by atoms with Gasteiger partial charge in [-0.15, -0.1) is 0 Å². The number of hydrogen-bond donors (Lipinski definition) is 2. The van der Waals surface area contributed by atoms with Gasteiger partial charge in [0.25, 0.3) is 0 Å². The Morgan fingerprint density at radius 3 is 2.43 bits per heavy atom. The number of nitrogens with zero attached hydrogens (tertiary/aromatic N) is 6. The Kier molecular flexibility index (Phi) is 5.60. The van der Waals surface area contributed by atoms with E-state index in [2.05, 4.69) is 26.4 Å². The fourth-order valence-electron chi connectivity index (χ4n) is 7.27. The highest BCUT2D eigenvalue weighted by Crippen LogP contribution is 2.55. The van der Waals surface area contributed by atoms with Gasteiger partial charge < -0.3 is 15.4 Å². The first-order chi connectivity index (χ1) is 16.9. The van der Waals surface area contributed by atoms with Crippen molar-refractivity contribution in [1.29, 1.82) is 0 Å². The zero-order valence-corrected chi connectivity index (χ0v) is 21.2. The maximum absolute atomic E-state index is 6.15. The quantitative estimate of drug-likeness (QED) is 0.617. The molecule has 3 saturated carbocycles. The molecule has 1 saturated heterocycles. The molecule has 0 unspecified atom stereocenters. The Morgan fingerprint density at radius 2 is 1.74 bits per heavy atom. The molecule has 9 heteroatoms. The molecule has 9 nitrogen and oxygen atoms in total. The Morgan fingerprint density at radius 1 is 1.03 bits per heavy atom. The van der Waals surface area contributed by atoms with E-state index >= 15 is 0 Å². The van der Waals surface area contributed by atoms with Crippen LogP contribution >= 0.6 is 0 Å². The van der Waals surface area contributed by atoms with E-state index in [0.717, 1.165) is 69.4 Å². The Labute approximate surface area is 207 Å². The normalized spacial score (nSPS) is 28.8. The molecule has 4 N–H and O–H groups in total. The van der Waals surface area contributed by atoms with Gasteiger partial charge in [0.1, 0.15) is 23.0 Å². The van der Waals surface area contributed by atoms with Crippen molar-refractivity contribution in [3.63, 3.8) is 0 Å². The number of nitrogens with two attached hydrogens (primary N) is 2. The summed E-state index contributed by atoms with van der Waals surface area (Å²) in [6.45, 7) is 10.8. The number of hydrogen-bond acceptors (Lipinski definition) is 7. The average molecular weight is 480 g/mol. The lowest BCUT2D eigenvalue weighted by Gasteiger charge is -2.58. The van der Waals surface area contributed by atoms with Gasteiger partial charge in [-0.05, 0) is 57.8 Å². The first-order valence-corrected chi connectivity index (χ1v) is 13.2. The second-order valence-corrected chi connectivity index (χ2v) is 11.2. The van der Waals surface area contributed by atoms with Crippen molar-refractivity contribution in [3.8, 4) is 0 Å². The summed E-state index contributed by atoms with van der Waals surface area (Å²) in [5.41, 5.74) is 11.6. The monoisotopic (exact) mass is 479 g/mol. The minimum absolute atomic E-state index is 0.400. The molecule has 0 radical (unpaired) electrons. The largest absolute Gasteiger partial charge is 0.383 e. The van der Waals surface area contributed by atoms with E-state index in [4.69, 9.17) is 26.0 Å². The van der Waals surface area contributed by atoms with Gasteiger partial charge in [-0.3, -0.25) is 15.0 Å². The first-order valence-electron chi connectivity index (χ1n) is 13.2. The van der Waals surface area contributed by atoms with Crippen molar-refractivity contribution in [2.75, 3.05) is 43.5 Å². The minimum atomic E-state index is 0.400. The number of anilines is 2. The molecular formula is C26H39N8O+. The highest BCUT2D eigenvalue weighted by Gasteiger charge is 2.51. The lowest BCUT2D eigenvalue weighted by molar-refractivity contribution is -0.104. The third kappa shape index (κ3) is 3.83. The standard InChI is InChI=1S/C26H38N8O/c1-18-21-16-32(24-20(15-27)23(28)29-19(2)30-24)10-3-22(21)34(31-18)17-25-4-7-26(8-5-25,9-6-25)33-11-13-35-14-12-33/h15,27H,3-14,16-17H2,1-2H3,(H2,28,29,30)/p+1. The van der Waals surface area contributed by atoms with Crippen LogP contribution in [0.4, 0.5) is 11.6 Å². The van der Waals surface area contributed by atoms with Crippen molar-refractivity contribution in [3.05, 3.63) is 28.3 Å². The van der Waals surface area contributed by atoms with Crippen LogP contribution < -0.4 is 16.0 Å². The molecule has 7 rings (SSSR count). The van der Waals surface area contributed by atoms with Crippen LogP contribution in [0.1, 0.15) is 66.9 Å². The van der Waals surface area contributed by atoms with Gasteiger partial charge in [-0.2, -0.15) is 5.10 Å². The van der Waals surface area contributed by atoms with Gasteiger partial charge in [-0.1, -0.05) is 0 Å². The molecule has 0 atom stereocenters. The van der Waals surface area contributed by atoms with Crippen molar-refractivity contribution >= 4 is 17.9 Å². The molecule has 188 valence electrons. The van der Waals surface area contributed by atoms with Gasteiger partial charge in [0.2, 0.25) is 0 Å². The summed E-state index contributed by atoms with van der Waals surface area (Å²) in [5, 5.41) is 11.0. The highest BCUT2D eigenvalue weighted by molar-refractivity contribution is 5.88. The summed E-state index contributed by atoms with van der Waals surface area (Å²) in [4.78, 5) is 14.0. The number of rotatable bonds is 5. The lowest BCUT2D eigenvalue weighted by atomic mass is 9.56. The van der Waals surface area contributed by atoms with Crippen LogP contribution in [0.5, 0.6) is 0 Å². The maximum atomic E-state index is 6.15. The molecular weight excluding hydrogens is 440 g/mol. The number of aryl methyl sites for hydroxylation is 2. The fourth-order valence-corrected chi connectivity index (χ4v) is 7.27. The van der Waals surface area contributed by atoms with Gasteiger partial charge in [0.15, 0.2) is 6.21 Å². The van der Waals surface area contributed by atoms with E-state index in [-0.39, 0.29) is 0 Å². The second-order valence-electron chi connectivity index (χ2n) is 11.2. The van der Waals surface area contributed by atoms with Gasteiger partial charge >= 0.3 is 0 Å². The molecule has 4 heterocycles. The highest BCUT2D eigenvalue weighted by atomic mass is 16.5.